The van der Waals surface area contributed by atoms with E-state index in [2.05, 4.69) is 51.5 Å². The number of fused-ring (bicyclic) bond motifs is 5. The van der Waals surface area contributed by atoms with Gasteiger partial charge in [-0.3, -0.25) is 18.7 Å². The van der Waals surface area contributed by atoms with E-state index in [-0.39, 0.29) is 54.9 Å². The molecule has 11 rings (SSSR count). The Kier molecular flexibility index (Phi) is 15.5. The highest BCUT2D eigenvalue weighted by atomic mass is 31.3. The number of nitrogens with zero attached hydrogens (tertiary/aromatic N) is 7. The van der Waals surface area contributed by atoms with E-state index in [9.17, 15) is 43.0 Å². The van der Waals surface area contributed by atoms with E-state index in [4.69, 9.17) is 34.3 Å². The number of anilines is 2. The third kappa shape index (κ3) is 11.3. The summed E-state index contributed by atoms with van der Waals surface area (Å²) in [6, 6.07) is 12.4. The van der Waals surface area contributed by atoms with E-state index in [1.807, 2.05) is 24.3 Å². The molecule has 3 aromatic carbocycles. The molecule has 0 saturated carbocycles. The number of imidazole rings is 1. The molecule has 6 atom stereocenters. The van der Waals surface area contributed by atoms with E-state index in [1.165, 1.54) is 44.2 Å². The molecule has 0 bridgehead atoms. The lowest BCUT2D eigenvalue weighted by Gasteiger charge is -2.39. The number of nitrogens with one attached hydrogen (secondary N) is 3. The first kappa shape index (κ1) is 55.7. The van der Waals surface area contributed by atoms with Gasteiger partial charge in [0.05, 0.1) is 18.5 Å². The minimum Gasteiger partial charge on any atom is -0.455 e. The third-order valence-corrected chi connectivity index (χ3v) is 19.4. The van der Waals surface area contributed by atoms with Crippen molar-refractivity contribution < 1.29 is 75.8 Å². The maximum Gasteiger partial charge on any atom is 0.480 e. The molecule has 30 heteroatoms. The van der Waals surface area contributed by atoms with Crippen molar-refractivity contribution in [3.05, 3.63) is 98.6 Å². The first-order valence-corrected chi connectivity index (χ1v) is 31.0. The number of hydrogen-bond donors (Lipinski definition) is 9. The highest BCUT2D eigenvalue weighted by Crippen LogP contribution is 2.61. The summed E-state index contributed by atoms with van der Waals surface area (Å²) in [6.07, 6.45) is 3.01. The maximum atomic E-state index is 14.7. The van der Waals surface area contributed by atoms with E-state index in [0.717, 1.165) is 122 Å². The number of rotatable bonds is 18. The molecule has 1 fully saturated rings. The Morgan fingerprint density at radius 2 is 1.64 bits per heavy atom. The number of alkyl carbamates (subject to hydrolysis) is 1. The van der Waals surface area contributed by atoms with Crippen molar-refractivity contribution in [2.24, 2.45) is 0 Å². The van der Waals surface area contributed by atoms with Crippen LogP contribution in [0.3, 0.4) is 0 Å². The molecule has 0 aliphatic carbocycles. The quantitative estimate of drug-likeness (QED) is 0.0336. The molecule has 3 amide bonds. The largest absolute Gasteiger partial charge is 0.480 e. The zero-order valence-corrected chi connectivity index (χ0v) is 46.1. The lowest BCUT2D eigenvalue weighted by Crippen LogP contribution is -2.45. The third-order valence-electron chi connectivity index (χ3n) is 15.2. The van der Waals surface area contributed by atoms with Gasteiger partial charge in [-0.2, -0.15) is 4.31 Å². The molecule has 5 aromatic rings. The Balaban J connectivity index is 0.734. The number of aromatic nitrogens is 4. The van der Waals surface area contributed by atoms with Crippen LogP contribution in [0.15, 0.2) is 49.1 Å². The number of phosphoric acid groups is 1. The van der Waals surface area contributed by atoms with Gasteiger partial charge in [0.15, 0.2) is 23.8 Å². The number of nitrogens with two attached hydrogens (primary N) is 1. The fourth-order valence-electron chi connectivity index (χ4n) is 11.9. The number of carbonyl (C=O) groups is 3. The van der Waals surface area contributed by atoms with Crippen molar-refractivity contribution in [3.8, 4) is 11.5 Å². The normalized spacial score (nSPS) is 21.5. The van der Waals surface area contributed by atoms with Crippen molar-refractivity contribution in [1.29, 1.82) is 0 Å². The van der Waals surface area contributed by atoms with Gasteiger partial charge in [0.25, 0.3) is 5.91 Å². The monoisotopic (exact) mass is 1160 g/mol. The first-order chi connectivity index (χ1) is 38.2. The molecule has 0 spiro atoms. The highest BCUT2D eigenvalue weighted by Gasteiger charge is 2.50. The predicted molar refractivity (Wildman–Crippen MR) is 286 cm³/mol. The molecule has 6 aliphatic heterocycles. The standard InChI is InChI=1S/C50H60N11O16P3/c1-58(48(64)31-12-3-2-11-30(31)38-34-23-28-9-4-19-59-21-6-13-32(40(28)59)43(34)75-44-33-14-7-22-60-20-5-10-29(41(33)60)24-35(38)44)18-8-15-37(62)52-16-17-53-50(65)76-45-36(25-73-80(71,72)77-79(69,70)57-78(66,67)68)74-49(42(45)63)61-27-56-39-46(51)54-26-55-47(39)61/h2-3,11-12,23-24,26-27,36,42,45,49,63H,4-10,13-22,25H2,1H3,(H8-,51,52,53,54,55,57,62,65,66,67,68,69,70,71,72)/p+1/t36-,42-,45-,49-/m1/s1. The van der Waals surface area contributed by atoms with Gasteiger partial charge in [0.1, 0.15) is 48.6 Å². The summed E-state index contributed by atoms with van der Waals surface area (Å²) in [5.41, 5.74) is 16.0. The van der Waals surface area contributed by atoms with Crippen molar-refractivity contribution in [2.75, 3.05) is 70.1 Å². The predicted octanol–water partition coefficient (Wildman–Crippen LogP) is 1.78. The van der Waals surface area contributed by atoms with Crippen LogP contribution in [0, 0.1) is 0 Å². The van der Waals surface area contributed by atoms with E-state index in [0.29, 0.717) is 12.0 Å². The molecule has 10 N–H and O–H groups in total. The molecule has 8 heterocycles. The molecular weight excluding hydrogens is 1100 g/mol. The minimum atomic E-state index is -5.64. The van der Waals surface area contributed by atoms with E-state index < -0.39 is 60.6 Å². The molecule has 1 saturated heterocycles. The van der Waals surface area contributed by atoms with Gasteiger partial charge < -0.3 is 65.1 Å². The van der Waals surface area contributed by atoms with Gasteiger partial charge in [-0.25, -0.2) is 38.0 Å². The summed E-state index contributed by atoms with van der Waals surface area (Å²) in [7, 11) is -15.0. The fourth-order valence-corrected chi connectivity index (χ4v) is 15.3. The van der Waals surface area contributed by atoms with Crippen LogP contribution in [0.5, 0.6) is 11.5 Å². The number of aryl methyl sites for hydroxylation is 2. The average Bonchev–Trinajstić information content (AvgIpc) is 4.02. The topological polar surface area (TPSA) is 365 Å². The smallest absolute Gasteiger partial charge is 0.455 e. The second kappa shape index (κ2) is 22.3. The summed E-state index contributed by atoms with van der Waals surface area (Å²) in [6.45, 7) is 3.07. The second-order valence-corrected chi connectivity index (χ2v) is 25.3. The average molecular weight is 1170 g/mol. The molecule has 80 heavy (non-hydrogen) atoms. The van der Waals surface area contributed by atoms with Crippen LogP contribution in [0.2, 0.25) is 0 Å². The van der Waals surface area contributed by atoms with Crippen LogP contribution in [-0.4, -0.2) is 145 Å². The van der Waals surface area contributed by atoms with Gasteiger partial charge in [-0.1, -0.05) is 18.2 Å². The zero-order valence-electron chi connectivity index (χ0n) is 43.4. The number of ether oxygens (including phenoxy) is 3. The number of aliphatic hydroxyl groups is 1. The number of nitrogen functional groups attached to an aromatic ring is 1. The van der Waals surface area contributed by atoms with E-state index in [1.54, 1.807) is 11.9 Å². The number of amides is 3. The van der Waals surface area contributed by atoms with Crippen LogP contribution in [0.4, 0.5) is 16.3 Å². The zero-order chi connectivity index (χ0) is 56.3. The molecular formula is C50H61N11O16P3+. The Morgan fingerprint density at radius 3 is 2.44 bits per heavy atom. The molecule has 27 nitrogen and oxygen atoms in total. The summed E-state index contributed by atoms with van der Waals surface area (Å²) >= 11 is 0. The van der Waals surface area contributed by atoms with Crippen LogP contribution in [-0.2, 0) is 62.5 Å². The number of carbonyl (C=O) groups excluding carboxylic acids is 3. The van der Waals surface area contributed by atoms with E-state index >= 15 is 0 Å². The van der Waals surface area contributed by atoms with Crippen LogP contribution in [0.25, 0.3) is 16.7 Å². The van der Waals surface area contributed by atoms with Gasteiger partial charge in [-0.05, 0) is 74.3 Å². The van der Waals surface area contributed by atoms with Gasteiger partial charge in [-0.15, -0.1) is 4.86 Å². The lowest BCUT2D eigenvalue weighted by atomic mass is 9.81. The van der Waals surface area contributed by atoms with Crippen LogP contribution < -0.4 is 46.0 Å². The molecule has 0 radical (unpaired) electrons. The molecule has 2 aromatic heterocycles. The van der Waals surface area contributed by atoms with Crippen molar-refractivity contribution in [3.63, 3.8) is 0 Å². The SMILES string of the molecule is CN(CCCC(=O)NCCNC(=O)O[C@H]1[C@@H](O)[C@H](n2cnc3c(N)ncnc32)O[C@@H]1COP(=O)(O)OP(=O)(O)NP(=O)(O)O)C(=O)c1ccccc1C1=c2cc3c4c(c2Oc2c1cc1c5c2CCCN5CCC1)CCC[N+]=4CCC3. The molecule has 2 unspecified atom stereocenters. The van der Waals surface area contributed by atoms with Crippen molar-refractivity contribution in [2.45, 2.75) is 88.7 Å². The van der Waals surface area contributed by atoms with Crippen molar-refractivity contribution >= 4 is 69.5 Å². The Hall–Kier alpha value is -6.18. The number of benzene rings is 3. The summed E-state index contributed by atoms with van der Waals surface area (Å²) in [5, 5.41) is 18.9. The van der Waals surface area contributed by atoms with Crippen LogP contribution in [0.1, 0.15) is 88.5 Å². The Bertz CT molecular complexity index is 3610. The van der Waals surface area contributed by atoms with Crippen LogP contribution >= 0.6 is 23.3 Å². The maximum absolute atomic E-state index is 14.7. The van der Waals surface area contributed by atoms with Crippen molar-refractivity contribution in [1.82, 2.24) is 44.5 Å². The molecule has 426 valence electrons. The summed E-state index contributed by atoms with van der Waals surface area (Å²) in [4.78, 5) is 95.8. The minimum absolute atomic E-state index is 0.0185. The Morgan fingerprint density at radius 1 is 0.900 bits per heavy atom. The fraction of sp³-hybridized carbons (Fsp3) is 0.460. The Labute approximate surface area is 457 Å². The lowest BCUT2D eigenvalue weighted by molar-refractivity contribution is -0.121. The number of aliphatic hydroxyl groups excluding tert-OH is 1. The number of hydrogen-bond acceptors (Lipinski definition) is 17. The highest BCUT2D eigenvalue weighted by molar-refractivity contribution is 7.70. The second-order valence-electron chi connectivity index (χ2n) is 20.5. The van der Waals surface area contributed by atoms with Gasteiger partial charge in [0, 0.05) is 97.8 Å². The van der Waals surface area contributed by atoms with Gasteiger partial charge in [0.2, 0.25) is 11.3 Å². The summed E-state index contributed by atoms with van der Waals surface area (Å²) in [5.74, 6) is 1.23. The summed E-state index contributed by atoms with van der Waals surface area (Å²) < 4.78 is 67.0. The van der Waals surface area contributed by atoms with Gasteiger partial charge >= 0.3 is 29.4 Å². The molecule has 6 aliphatic rings. The first-order valence-electron chi connectivity index (χ1n) is 26.4. The number of phosphoric ester groups is 1.